The molecule has 0 aliphatic heterocycles. The van der Waals surface area contributed by atoms with E-state index in [1.54, 1.807) is 19.5 Å². The molecule has 0 aliphatic carbocycles. The van der Waals surface area contributed by atoms with Crippen molar-refractivity contribution in [1.82, 2.24) is 4.98 Å². The number of methoxy groups -OCH3 is 1. The molecule has 0 saturated carbocycles. The van der Waals surface area contributed by atoms with Crippen molar-refractivity contribution in [2.75, 3.05) is 12.5 Å². The Kier molecular flexibility index (Phi) is 7.14. The molecule has 2 aromatic rings. The van der Waals surface area contributed by atoms with Gasteiger partial charge in [0, 0.05) is 18.6 Å². The maximum absolute atomic E-state index is 5.12. The Hall–Kier alpha value is -2.07. The van der Waals surface area contributed by atoms with Crippen LogP contribution in [-0.2, 0) is 6.42 Å². The van der Waals surface area contributed by atoms with Crippen LogP contribution in [0.1, 0.15) is 12.0 Å². The lowest BCUT2D eigenvalue weighted by molar-refractivity contribution is 0.414. The van der Waals surface area contributed by atoms with Crippen LogP contribution in [0, 0.1) is 0 Å². The number of hydrogen-bond acceptors (Lipinski definition) is 4. The maximum Gasteiger partial charge on any atom is 0.118 e. The van der Waals surface area contributed by atoms with E-state index in [4.69, 9.17) is 4.74 Å². The molecule has 0 radical (unpaired) electrons. The van der Waals surface area contributed by atoms with Crippen LogP contribution in [0.4, 0.5) is 5.69 Å². The molecule has 1 aromatic carbocycles. The molecule has 4 nitrogen and oxygen atoms in total. The van der Waals surface area contributed by atoms with Gasteiger partial charge in [0.25, 0.3) is 0 Å². The van der Waals surface area contributed by atoms with E-state index in [9.17, 15) is 0 Å². The van der Waals surface area contributed by atoms with Crippen LogP contribution in [0.25, 0.3) is 0 Å². The first-order valence-electron chi connectivity index (χ1n) is 6.19. The van der Waals surface area contributed by atoms with E-state index in [2.05, 4.69) is 27.6 Å². The van der Waals surface area contributed by atoms with Crippen LogP contribution in [0.15, 0.2) is 53.9 Å². The first-order chi connectivity index (χ1) is 9.38. The third kappa shape index (κ3) is 5.28. The fourth-order valence-corrected chi connectivity index (χ4v) is 1.63. The van der Waals surface area contributed by atoms with E-state index in [-0.39, 0.29) is 12.4 Å². The number of rotatable bonds is 6. The molecule has 106 valence electrons. The van der Waals surface area contributed by atoms with Crippen molar-refractivity contribution in [3.63, 3.8) is 0 Å². The SMILES string of the molecule is COc1ccc(CCC=NNc2ccncc2)cc1.Cl. The Labute approximate surface area is 125 Å². The number of hydrogen-bond donors (Lipinski definition) is 1. The zero-order valence-electron chi connectivity index (χ0n) is 11.3. The van der Waals surface area contributed by atoms with E-state index in [0.29, 0.717) is 0 Å². The Morgan fingerprint density at radius 1 is 1.15 bits per heavy atom. The molecule has 0 amide bonds. The van der Waals surface area contributed by atoms with Crippen molar-refractivity contribution in [3.05, 3.63) is 54.4 Å². The highest BCUT2D eigenvalue weighted by Gasteiger charge is 1.93. The van der Waals surface area contributed by atoms with Gasteiger partial charge in [0.1, 0.15) is 5.75 Å². The minimum absolute atomic E-state index is 0. The Balaban J connectivity index is 0.00000200. The van der Waals surface area contributed by atoms with E-state index < -0.39 is 0 Å². The Morgan fingerprint density at radius 2 is 1.85 bits per heavy atom. The largest absolute Gasteiger partial charge is 0.497 e. The van der Waals surface area contributed by atoms with Crippen LogP contribution in [0.5, 0.6) is 5.75 Å². The summed E-state index contributed by atoms with van der Waals surface area (Å²) < 4.78 is 5.12. The van der Waals surface area contributed by atoms with Crippen LogP contribution >= 0.6 is 12.4 Å². The van der Waals surface area contributed by atoms with Crippen LogP contribution in [-0.4, -0.2) is 18.3 Å². The standard InChI is InChI=1S/C15H17N3O.ClH/c1-19-15-6-4-13(5-7-15)3-2-10-17-18-14-8-11-16-12-9-14;/h4-12H,2-3H2,1H3,(H,16,18);1H. The molecule has 1 heterocycles. The smallest absolute Gasteiger partial charge is 0.118 e. The predicted octanol–water partition coefficient (Wildman–Crippen LogP) is 3.54. The third-order valence-electron chi connectivity index (χ3n) is 2.69. The van der Waals surface area contributed by atoms with Gasteiger partial charge in [-0.3, -0.25) is 10.4 Å². The van der Waals surface area contributed by atoms with Crippen LogP contribution < -0.4 is 10.2 Å². The molecule has 0 spiro atoms. The van der Waals surface area contributed by atoms with Gasteiger partial charge in [-0.1, -0.05) is 12.1 Å². The molecule has 1 aromatic heterocycles. The summed E-state index contributed by atoms with van der Waals surface area (Å²) in [5.74, 6) is 0.886. The number of nitrogens with one attached hydrogen (secondary N) is 1. The average Bonchev–Trinajstić information content (AvgIpc) is 2.49. The zero-order chi connectivity index (χ0) is 13.3. The molecule has 0 unspecified atom stereocenters. The van der Waals surface area contributed by atoms with Gasteiger partial charge in [-0.15, -0.1) is 12.4 Å². The molecule has 0 fully saturated rings. The van der Waals surface area contributed by atoms with E-state index in [1.165, 1.54) is 5.56 Å². The van der Waals surface area contributed by atoms with Gasteiger partial charge in [-0.2, -0.15) is 5.10 Å². The molecular formula is C15H18ClN3O. The number of ether oxygens (including phenoxy) is 1. The van der Waals surface area contributed by atoms with E-state index in [0.717, 1.165) is 24.3 Å². The van der Waals surface area contributed by atoms with Crippen molar-refractivity contribution in [2.45, 2.75) is 12.8 Å². The number of aryl methyl sites for hydroxylation is 1. The average molecular weight is 292 g/mol. The first kappa shape index (κ1) is 16.0. The normalized spacial score (nSPS) is 10.1. The summed E-state index contributed by atoms with van der Waals surface area (Å²) in [5, 5.41) is 4.16. The summed E-state index contributed by atoms with van der Waals surface area (Å²) in [4.78, 5) is 3.94. The summed E-state index contributed by atoms with van der Waals surface area (Å²) in [6.07, 6.45) is 7.20. The summed E-state index contributed by atoms with van der Waals surface area (Å²) >= 11 is 0. The number of hydrazone groups is 1. The van der Waals surface area contributed by atoms with Crippen LogP contribution in [0.3, 0.4) is 0 Å². The van der Waals surface area contributed by atoms with Gasteiger partial charge in [-0.05, 0) is 42.7 Å². The van der Waals surface area contributed by atoms with Crippen LogP contribution in [0.2, 0.25) is 0 Å². The molecule has 0 atom stereocenters. The van der Waals surface area contributed by atoms with Gasteiger partial charge < -0.3 is 4.74 Å². The lowest BCUT2D eigenvalue weighted by Gasteiger charge is -2.01. The Bertz CT molecular complexity index is 514. The fourth-order valence-electron chi connectivity index (χ4n) is 1.63. The molecule has 0 aliphatic rings. The second kappa shape index (κ2) is 8.93. The number of pyridine rings is 1. The number of aromatic nitrogens is 1. The van der Waals surface area contributed by atoms with Gasteiger partial charge in [0.05, 0.1) is 12.8 Å². The second-order valence-corrected chi connectivity index (χ2v) is 4.05. The maximum atomic E-state index is 5.12. The highest BCUT2D eigenvalue weighted by atomic mass is 35.5. The summed E-state index contributed by atoms with van der Waals surface area (Å²) in [6, 6.07) is 11.8. The molecular weight excluding hydrogens is 274 g/mol. The van der Waals surface area contributed by atoms with Gasteiger partial charge in [0.2, 0.25) is 0 Å². The highest BCUT2D eigenvalue weighted by Crippen LogP contribution is 2.12. The number of nitrogens with zero attached hydrogens (tertiary/aromatic N) is 2. The number of benzene rings is 1. The summed E-state index contributed by atoms with van der Waals surface area (Å²) in [5.41, 5.74) is 5.17. The van der Waals surface area contributed by atoms with E-state index in [1.807, 2.05) is 30.5 Å². The molecule has 5 heteroatoms. The molecule has 0 saturated heterocycles. The fraction of sp³-hybridized carbons (Fsp3) is 0.200. The van der Waals surface area contributed by atoms with Gasteiger partial charge in [-0.25, -0.2) is 0 Å². The van der Waals surface area contributed by atoms with Crippen molar-refractivity contribution in [1.29, 1.82) is 0 Å². The lowest BCUT2D eigenvalue weighted by atomic mass is 10.1. The Morgan fingerprint density at radius 3 is 2.50 bits per heavy atom. The molecule has 1 N–H and O–H groups in total. The summed E-state index contributed by atoms with van der Waals surface area (Å²) in [6.45, 7) is 0. The summed E-state index contributed by atoms with van der Waals surface area (Å²) in [7, 11) is 1.67. The molecule has 2 rings (SSSR count). The minimum Gasteiger partial charge on any atom is -0.497 e. The molecule has 20 heavy (non-hydrogen) atoms. The quantitative estimate of drug-likeness (QED) is 0.654. The minimum atomic E-state index is 0. The van der Waals surface area contributed by atoms with Crippen molar-refractivity contribution in [3.8, 4) is 5.75 Å². The lowest BCUT2D eigenvalue weighted by Crippen LogP contribution is -1.91. The monoisotopic (exact) mass is 291 g/mol. The third-order valence-corrected chi connectivity index (χ3v) is 2.69. The van der Waals surface area contributed by atoms with Crippen molar-refractivity contribution >= 4 is 24.3 Å². The van der Waals surface area contributed by atoms with Crippen molar-refractivity contribution in [2.24, 2.45) is 5.10 Å². The highest BCUT2D eigenvalue weighted by molar-refractivity contribution is 5.85. The second-order valence-electron chi connectivity index (χ2n) is 4.05. The molecule has 0 bridgehead atoms. The number of halogens is 1. The van der Waals surface area contributed by atoms with Gasteiger partial charge in [0.15, 0.2) is 0 Å². The topological polar surface area (TPSA) is 46.5 Å². The number of anilines is 1. The van der Waals surface area contributed by atoms with Gasteiger partial charge >= 0.3 is 0 Å². The van der Waals surface area contributed by atoms with E-state index >= 15 is 0 Å². The first-order valence-corrected chi connectivity index (χ1v) is 6.19. The zero-order valence-corrected chi connectivity index (χ0v) is 12.1. The van der Waals surface area contributed by atoms with Crippen molar-refractivity contribution < 1.29 is 4.74 Å². The predicted molar refractivity (Wildman–Crippen MR) is 84.9 cm³/mol.